The molecule has 4 heteroatoms. The third-order valence-electron chi connectivity index (χ3n) is 2.13. The molecule has 1 aromatic rings. The zero-order valence-corrected chi connectivity index (χ0v) is 10.0. The fourth-order valence-corrected chi connectivity index (χ4v) is 1.21. The smallest absolute Gasteiger partial charge is 0.343 e. The van der Waals surface area contributed by atoms with Gasteiger partial charge in [-0.05, 0) is 6.92 Å². The minimum atomic E-state index is -0.611. The molecule has 0 fully saturated rings. The number of hydrogen-bond acceptors (Lipinski definition) is 3. The topological polar surface area (TPSA) is 59.1 Å². The van der Waals surface area contributed by atoms with E-state index in [4.69, 9.17) is 4.74 Å². The Kier molecular flexibility index (Phi) is 3.52. The zero-order valence-electron chi connectivity index (χ0n) is 10.0. The highest BCUT2D eigenvalue weighted by molar-refractivity contribution is 5.91. The first kappa shape index (κ1) is 12.5. The largest absolute Gasteiger partial charge is 0.462 e. The SMILES string of the molecule is CCOC(=O)c1cnc(C(C)(C)C)cc1[O]. The van der Waals surface area contributed by atoms with Crippen molar-refractivity contribution in [1.82, 2.24) is 4.98 Å². The molecule has 1 aromatic heterocycles. The molecule has 0 aliphatic carbocycles. The van der Waals surface area contributed by atoms with Crippen molar-refractivity contribution in [2.24, 2.45) is 0 Å². The Morgan fingerprint density at radius 3 is 2.50 bits per heavy atom. The minimum absolute atomic E-state index is 0.00477. The van der Waals surface area contributed by atoms with E-state index in [1.54, 1.807) is 6.92 Å². The van der Waals surface area contributed by atoms with Crippen LogP contribution in [0.5, 0.6) is 5.75 Å². The molecule has 0 spiro atoms. The van der Waals surface area contributed by atoms with Crippen molar-refractivity contribution in [3.05, 3.63) is 23.5 Å². The standard InChI is InChI=1S/C12H16NO3/c1-5-16-11(15)8-7-13-10(6-9(8)14)12(2,3)4/h6-7H,5H2,1-4H3. The van der Waals surface area contributed by atoms with Gasteiger partial charge in [0.05, 0.1) is 6.61 Å². The number of carbonyl (C=O) groups excluding carboxylic acids is 1. The highest BCUT2D eigenvalue weighted by atomic mass is 16.5. The first-order chi connectivity index (χ1) is 7.36. The predicted molar refractivity (Wildman–Crippen MR) is 59.0 cm³/mol. The molecule has 0 bridgehead atoms. The molecule has 0 unspecified atom stereocenters. The molecule has 0 saturated heterocycles. The Morgan fingerprint density at radius 2 is 2.06 bits per heavy atom. The molecule has 87 valence electrons. The van der Waals surface area contributed by atoms with Crippen LogP contribution in [0.3, 0.4) is 0 Å². The predicted octanol–water partition coefficient (Wildman–Crippen LogP) is 2.70. The Balaban J connectivity index is 3.05. The molecule has 0 aliphatic rings. The average Bonchev–Trinajstić information content (AvgIpc) is 2.16. The van der Waals surface area contributed by atoms with Crippen LogP contribution in [0.4, 0.5) is 0 Å². The van der Waals surface area contributed by atoms with Crippen LogP contribution < -0.4 is 0 Å². The van der Waals surface area contributed by atoms with E-state index in [9.17, 15) is 9.90 Å². The van der Waals surface area contributed by atoms with E-state index < -0.39 is 5.97 Å². The van der Waals surface area contributed by atoms with Crippen molar-refractivity contribution >= 4 is 5.97 Å². The zero-order chi connectivity index (χ0) is 12.3. The maximum atomic E-state index is 11.7. The van der Waals surface area contributed by atoms with Crippen LogP contribution in [0.25, 0.3) is 0 Å². The van der Waals surface area contributed by atoms with Gasteiger partial charge in [-0.1, -0.05) is 20.8 Å². The van der Waals surface area contributed by atoms with Gasteiger partial charge in [-0.2, -0.15) is 0 Å². The molecule has 0 amide bonds. The Labute approximate surface area is 95.3 Å². The highest BCUT2D eigenvalue weighted by Crippen LogP contribution is 2.26. The second-order valence-electron chi connectivity index (χ2n) is 4.54. The van der Waals surface area contributed by atoms with Crippen molar-refractivity contribution in [2.75, 3.05) is 6.61 Å². The first-order valence-electron chi connectivity index (χ1n) is 5.21. The average molecular weight is 222 g/mol. The quantitative estimate of drug-likeness (QED) is 0.723. The fraction of sp³-hybridized carbons (Fsp3) is 0.500. The molecule has 0 N–H and O–H groups in total. The van der Waals surface area contributed by atoms with Crippen molar-refractivity contribution < 1.29 is 14.6 Å². The van der Waals surface area contributed by atoms with Gasteiger partial charge in [-0.3, -0.25) is 10.1 Å². The molecule has 1 heterocycles. The van der Waals surface area contributed by atoms with Gasteiger partial charge >= 0.3 is 5.97 Å². The number of pyridine rings is 1. The maximum Gasteiger partial charge on any atom is 0.343 e. The van der Waals surface area contributed by atoms with Crippen molar-refractivity contribution in [3.63, 3.8) is 0 Å². The van der Waals surface area contributed by atoms with E-state index in [1.165, 1.54) is 12.3 Å². The molecular formula is C12H16NO3. The van der Waals surface area contributed by atoms with Gasteiger partial charge in [0.2, 0.25) is 0 Å². The summed E-state index contributed by atoms with van der Waals surface area (Å²) in [5.74, 6) is -0.946. The number of aromatic nitrogens is 1. The van der Waals surface area contributed by atoms with E-state index in [1.807, 2.05) is 20.8 Å². The van der Waals surface area contributed by atoms with Gasteiger partial charge in [0.25, 0.3) is 0 Å². The molecule has 0 aliphatic heterocycles. The minimum Gasteiger partial charge on any atom is -0.462 e. The van der Waals surface area contributed by atoms with E-state index >= 15 is 0 Å². The summed E-state index contributed by atoms with van der Waals surface area (Å²) in [6.07, 6.45) is 1.29. The lowest BCUT2D eigenvalue weighted by atomic mass is 9.91. The van der Waals surface area contributed by atoms with Gasteiger partial charge in [-0.15, -0.1) is 0 Å². The summed E-state index contributed by atoms with van der Waals surface area (Å²) in [4.78, 5) is 15.5. The summed E-state index contributed by atoms with van der Waals surface area (Å²) in [5.41, 5.74) is 0.465. The van der Waals surface area contributed by atoms with Crippen LogP contribution in [-0.4, -0.2) is 17.6 Å². The lowest BCUT2D eigenvalue weighted by molar-refractivity contribution is 0.0520. The molecular weight excluding hydrogens is 206 g/mol. The summed E-state index contributed by atoms with van der Waals surface area (Å²) >= 11 is 0. The van der Waals surface area contributed by atoms with E-state index in [0.717, 1.165) is 0 Å². The van der Waals surface area contributed by atoms with Gasteiger partial charge in [-0.25, -0.2) is 4.79 Å². The van der Waals surface area contributed by atoms with Crippen molar-refractivity contribution in [3.8, 4) is 5.75 Å². The fourth-order valence-electron chi connectivity index (χ4n) is 1.21. The summed E-state index contributed by atoms with van der Waals surface area (Å²) in [6.45, 7) is 7.81. The van der Waals surface area contributed by atoms with Gasteiger partial charge in [0.15, 0.2) is 5.75 Å². The maximum absolute atomic E-state index is 11.7. The summed E-state index contributed by atoms with van der Waals surface area (Å²) in [5, 5.41) is 11.7. The molecule has 0 saturated carbocycles. The molecule has 0 aromatic carbocycles. The van der Waals surface area contributed by atoms with Crippen LogP contribution in [0.1, 0.15) is 43.7 Å². The van der Waals surface area contributed by atoms with Crippen molar-refractivity contribution in [1.29, 1.82) is 0 Å². The summed E-state index contributed by atoms with van der Waals surface area (Å²) < 4.78 is 4.76. The first-order valence-corrected chi connectivity index (χ1v) is 5.21. The number of hydrogen-bond donors (Lipinski definition) is 0. The lowest BCUT2D eigenvalue weighted by Gasteiger charge is -2.17. The normalized spacial score (nSPS) is 11.2. The number of nitrogens with zero attached hydrogens (tertiary/aromatic N) is 1. The number of carbonyl (C=O) groups is 1. The van der Waals surface area contributed by atoms with Gasteiger partial charge in [0, 0.05) is 23.4 Å². The lowest BCUT2D eigenvalue weighted by Crippen LogP contribution is -2.14. The Morgan fingerprint density at radius 1 is 1.44 bits per heavy atom. The Hall–Kier alpha value is -1.58. The van der Waals surface area contributed by atoms with Crippen LogP contribution in [0.15, 0.2) is 12.3 Å². The molecule has 0 atom stereocenters. The van der Waals surface area contributed by atoms with Gasteiger partial charge in [0.1, 0.15) is 5.56 Å². The summed E-state index contributed by atoms with van der Waals surface area (Å²) in [7, 11) is 0. The summed E-state index contributed by atoms with van der Waals surface area (Å²) in [6, 6.07) is 1.40. The van der Waals surface area contributed by atoms with Crippen LogP contribution in [-0.2, 0) is 15.3 Å². The van der Waals surface area contributed by atoms with E-state index in [2.05, 4.69) is 4.98 Å². The monoisotopic (exact) mass is 222 g/mol. The molecule has 1 rings (SSSR count). The number of rotatable bonds is 2. The van der Waals surface area contributed by atoms with E-state index in [-0.39, 0.29) is 23.3 Å². The third-order valence-corrected chi connectivity index (χ3v) is 2.13. The second-order valence-corrected chi connectivity index (χ2v) is 4.54. The highest BCUT2D eigenvalue weighted by Gasteiger charge is 2.20. The molecule has 1 radical (unpaired) electrons. The molecule has 4 nitrogen and oxygen atoms in total. The third kappa shape index (κ3) is 2.72. The van der Waals surface area contributed by atoms with Crippen LogP contribution in [0.2, 0.25) is 0 Å². The number of esters is 1. The van der Waals surface area contributed by atoms with E-state index in [0.29, 0.717) is 5.69 Å². The molecule has 16 heavy (non-hydrogen) atoms. The van der Waals surface area contributed by atoms with Crippen LogP contribution in [0, 0.1) is 0 Å². The number of ether oxygens (including phenoxy) is 1. The Bertz CT molecular complexity index is 394. The van der Waals surface area contributed by atoms with Crippen molar-refractivity contribution in [2.45, 2.75) is 33.1 Å². The van der Waals surface area contributed by atoms with Gasteiger partial charge < -0.3 is 4.74 Å². The second kappa shape index (κ2) is 4.51. The van der Waals surface area contributed by atoms with Crippen LogP contribution >= 0.6 is 0 Å².